The molecule has 0 unspecified atom stereocenters. The van der Waals surface area contributed by atoms with Crippen LogP contribution in [0.5, 0.6) is 0 Å². The van der Waals surface area contributed by atoms with Crippen LogP contribution in [0.1, 0.15) is 20.3 Å². The molecule has 0 bridgehead atoms. The molecule has 0 aliphatic heterocycles. The zero-order chi connectivity index (χ0) is 7.49. The molecule has 3 N–H and O–H groups in total. The second-order valence-corrected chi connectivity index (χ2v) is 2.84. The quantitative estimate of drug-likeness (QED) is 0.620. The van der Waals surface area contributed by atoms with E-state index in [9.17, 15) is 4.79 Å². The van der Waals surface area contributed by atoms with Crippen molar-refractivity contribution < 1.29 is 4.79 Å². The van der Waals surface area contributed by atoms with Crippen LogP contribution in [0.3, 0.4) is 0 Å². The van der Waals surface area contributed by atoms with Gasteiger partial charge in [-0.05, 0) is 13.8 Å². The first kappa shape index (κ1) is 12.4. The second-order valence-electron chi connectivity index (χ2n) is 2.84. The molecule has 0 atom stereocenters. The lowest BCUT2D eigenvalue weighted by molar-refractivity contribution is -0.121. The molecule has 10 heavy (non-hydrogen) atoms. The summed E-state index contributed by atoms with van der Waals surface area (Å²) in [7, 11) is 1.61. The van der Waals surface area contributed by atoms with Gasteiger partial charge in [0, 0.05) is 19.0 Å². The number of carbonyl (C=O) groups is 1. The number of rotatable bonds is 2. The van der Waals surface area contributed by atoms with Gasteiger partial charge >= 0.3 is 0 Å². The maximum Gasteiger partial charge on any atom is 0.221 e. The van der Waals surface area contributed by atoms with Crippen LogP contribution >= 0.6 is 12.4 Å². The van der Waals surface area contributed by atoms with Gasteiger partial charge in [0.1, 0.15) is 0 Å². The van der Waals surface area contributed by atoms with E-state index in [-0.39, 0.29) is 23.9 Å². The predicted molar refractivity (Wildman–Crippen MR) is 44.2 cm³/mol. The monoisotopic (exact) mass is 166 g/mol. The van der Waals surface area contributed by atoms with Gasteiger partial charge in [0.15, 0.2) is 0 Å². The molecule has 0 saturated carbocycles. The number of carbonyl (C=O) groups excluding carboxylic acids is 1. The number of hydrogen-bond acceptors (Lipinski definition) is 2. The third-order valence-corrected chi connectivity index (χ3v) is 0.895. The number of hydrogen-bond donors (Lipinski definition) is 2. The maximum absolute atomic E-state index is 10.6. The molecule has 3 nitrogen and oxygen atoms in total. The zero-order valence-corrected chi connectivity index (χ0v) is 7.42. The third-order valence-electron chi connectivity index (χ3n) is 0.895. The molecular formula is C6H15ClN2O. The highest BCUT2D eigenvalue weighted by atomic mass is 35.5. The normalized spacial score (nSPS) is 10.0. The summed E-state index contributed by atoms with van der Waals surface area (Å²) in [6.07, 6.45) is 0.378. The van der Waals surface area contributed by atoms with Crippen molar-refractivity contribution >= 4 is 18.3 Å². The van der Waals surface area contributed by atoms with Crippen LogP contribution in [0.25, 0.3) is 0 Å². The molecule has 0 fully saturated rings. The summed E-state index contributed by atoms with van der Waals surface area (Å²) in [4.78, 5) is 10.6. The second kappa shape index (κ2) is 4.52. The maximum atomic E-state index is 10.6. The number of nitrogens with one attached hydrogen (secondary N) is 1. The molecule has 0 aliphatic rings. The van der Waals surface area contributed by atoms with E-state index in [1.54, 1.807) is 7.05 Å². The summed E-state index contributed by atoms with van der Waals surface area (Å²) in [5, 5.41) is 2.50. The molecule has 0 radical (unpaired) electrons. The minimum atomic E-state index is -0.389. The lowest BCUT2D eigenvalue weighted by Crippen LogP contribution is -2.37. The Balaban J connectivity index is 0. The molecule has 0 spiro atoms. The largest absolute Gasteiger partial charge is 0.359 e. The lowest BCUT2D eigenvalue weighted by atomic mass is 10.0. The molecule has 0 saturated heterocycles. The molecule has 0 aromatic heterocycles. The Kier molecular flexibility index (Phi) is 5.61. The predicted octanol–water partition coefficient (Wildman–Crippen LogP) is 0.282. The summed E-state index contributed by atoms with van der Waals surface area (Å²) < 4.78 is 0. The first-order chi connectivity index (χ1) is 3.95. The Morgan fingerprint density at radius 2 is 2.00 bits per heavy atom. The minimum absolute atomic E-state index is 0. The van der Waals surface area contributed by atoms with E-state index >= 15 is 0 Å². The Hall–Kier alpha value is -0.280. The van der Waals surface area contributed by atoms with Crippen molar-refractivity contribution in [3.8, 4) is 0 Å². The van der Waals surface area contributed by atoms with Crippen molar-refractivity contribution in [1.29, 1.82) is 0 Å². The van der Waals surface area contributed by atoms with Gasteiger partial charge in [0.25, 0.3) is 0 Å². The highest BCUT2D eigenvalue weighted by Crippen LogP contribution is 2.01. The van der Waals surface area contributed by atoms with Crippen molar-refractivity contribution in [3.63, 3.8) is 0 Å². The standard InChI is InChI=1S/C6H14N2O.ClH/c1-6(2,7)4-5(9)8-3;/h4,7H2,1-3H3,(H,8,9);1H. The molecule has 62 valence electrons. The van der Waals surface area contributed by atoms with Crippen LogP contribution in [0.15, 0.2) is 0 Å². The molecule has 0 heterocycles. The molecule has 4 heteroatoms. The molecular weight excluding hydrogens is 152 g/mol. The van der Waals surface area contributed by atoms with E-state index in [0.717, 1.165) is 0 Å². The van der Waals surface area contributed by atoms with Crippen molar-refractivity contribution in [3.05, 3.63) is 0 Å². The summed E-state index contributed by atoms with van der Waals surface area (Å²) in [5.41, 5.74) is 5.16. The van der Waals surface area contributed by atoms with Gasteiger partial charge < -0.3 is 11.1 Å². The molecule has 0 rings (SSSR count). The fourth-order valence-corrected chi connectivity index (χ4v) is 0.502. The highest BCUT2D eigenvalue weighted by molar-refractivity contribution is 5.85. The van der Waals surface area contributed by atoms with Gasteiger partial charge in [-0.1, -0.05) is 0 Å². The first-order valence-electron chi connectivity index (χ1n) is 2.95. The Morgan fingerprint density at radius 3 is 2.10 bits per heavy atom. The lowest BCUT2D eigenvalue weighted by Gasteiger charge is -2.16. The smallest absolute Gasteiger partial charge is 0.221 e. The Bertz CT molecular complexity index is 109. The van der Waals surface area contributed by atoms with Crippen molar-refractivity contribution in [2.75, 3.05) is 7.05 Å². The molecule has 1 amide bonds. The van der Waals surface area contributed by atoms with Crippen LogP contribution < -0.4 is 11.1 Å². The summed E-state index contributed by atoms with van der Waals surface area (Å²) >= 11 is 0. The zero-order valence-electron chi connectivity index (χ0n) is 6.60. The van der Waals surface area contributed by atoms with Crippen LogP contribution in [0.2, 0.25) is 0 Å². The van der Waals surface area contributed by atoms with Crippen LogP contribution in [-0.2, 0) is 4.79 Å². The van der Waals surface area contributed by atoms with E-state index in [1.807, 2.05) is 13.8 Å². The van der Waals surface area contributed by atoms with Gasteiger partial charge in [0.2, 0.25) is 5.91 Å². The van der Waals surface area contributed by atoms with Gasteiger partial charge in [-0.3, -0.25) is 4.79 Å². The van der Waals surface area contributed by atoms with Gasteiger partial charge in [-0.2, -0.15) is 0 Å². The van der Waals surface area contributed by atoms with E-state index < -0.39 is 0 Å². The molecule has 0 aliphatic carbocycles. The summed E-state index contributed by atoms with van der Waals surface area (Å²) in [6.45, 7) is 3.64. The fraction of sp³-hybridized carbons (Fsp3) is 0.833. The van der Waals surface area contributed by atoms with Gasteiger partial charge in [-0.25, -0.2) is 0 Å². The van der Waals surface area contributed by atoms with Crippen LogP contribution in [0.4, 0.5) is 0 Å². The van der Waals surface area contributed by atoms with Gasteiger partial charge in [0.05, 0.1) is 0 Å². The third kappa shape index (κ3) is 7.72. The van der Waals surface area contributed by atoms with E-state index in [1.165, 1.54) is 0 Å². The molecule has 0 aromatic rings. The van der Waals surface area contributed by atoms with E-state index in [0.29, 0.717) is 6.42 Å². The highest BCUT2D eigenvalue weighted by Gasteiger charge is 2.14. The van der Waals surface area contributed by atoms with Crippen molar-refractivity contribution in [2.24, 2.45) is 5.73 Å². The van der Waals surface area contributed by atoms with Crippen LogP contribution in [0, 0.1) is 0 Å². The average molecular weight is 167 g/mol. The van der Waals surface area contributed by atoms with E-state index in [4.69, 9.17) is 5.73 Å². The number of halogens is 1. The summed E-state index contributed by atoms with van der Waals surface area (Å²) in [6, 6.07) is 0. The molecule has 0 aromatic carbocycles. The topological polar surface area (TPSA) is 55.1 Å². The summed E-state index contributed by atoms with van der Waals surface area (Å²) in [5.74, 6) is -0.0116. The van der Waals surface area contributed by atoms with E-state index in [2.05, 4.69) is 5.32 Å². The Labute approximate surface area is 67.8 Å². The number of amides is 1. The Morgan fingerprint density at radius 1 is 1.60 bits per heavy atom. The fourth-order valence-electron chi connectivity index (χ4n) is 0.502. The SMILES string of the molecule is CNC(=O)CC(C)(C)N.Cl. The average Bonchev–Trinajstić information content (AvgIpc) is 1.62. The minimum Gasteiger partial charge on any atom is -0.359 e. The van der Waals surface area contributed by atoms with Gasteiger partial charge in [-0.15, -0.1) is 12.4 Å². The van der Waals surface area contributed by atoms with Crippen molar-refractivity contribution in [1.82, 2.24) is 5.32 Å². The first-order valence-corrected chi connectivity index (χ1v) is 2.95. The number of nitrogens with two attached hydrogens (primary N) is 1. The van der Waals surface area contributed by atoms with Crippen molar-refractivity contribution in [2.45, 2.75) is 25.8 Å². The van der Waals surface area contributed by atoms with Crippen LogP contribution in [-0.4, -0.2) is 18.5 Å².